The lowest BCUT2D eigenvalue weighted by molar-refractivity contribution is 1.51. The summed E-state index contributed by atoms with van der Waals surface area (Å²) in [5.74, 6) is 0. The summed E-state index contributed by atoms with van der Waals surface area (Å²) in [5.41, 5.74) is 5.21. The molecule has 9 aromatic rings. The molecule has 0 N–H and O–H groups in total. The molecule has 0 heteroatoms. The van der Waals surface area contributed by atoms with Crippen LogP contribution in [0.1, 0.15) is 11.1 Å². The highest BCUT2D eigenvalue weighted by atomic mass is 14.2. The van der Waals surface area contributed by atoms with Gasteiger partial charge in [0, 0.05) is 0 Å². The lowest BCUT2D eigenvalue weighted by atomic mass is 9.89. The van der Waals surface area contributed by atoms with Crippen molar-refractivity contribution in [2.24, 2.45) is 0 Å². The van der Waals surface area contributed by atoms with Gasteiger partial charge >= 0.3 is 0 Å². The fourth-order valence-electron chi connectivity index (χ4n) is 6.71. The van der Waals surface area contributed by atoms with Crippen molar-refractivity contribution in [3.63, 3.8) is 0 Å². The molecule has 0 heterocycles. The minimum Gasteiger partial charge on any atom is -0.0616 e. The van der Waals surface area contributed by atoms with E-state index in [0.717, 1.165) is 0 Å². The Kier molecular flexibility index (Phi) is 5.69. The maximum Gasteiger partial charge on any atom is -0.00206 e. The van der Waals surface area contributed by atoms with Crippen molar-refractivity contribution < 1.29 is 0 Å². The standard InChI is InChI=1S/C28H20.C14H10/c1-17-3-4-21-16-22(7-6-20(21)13-17)25-11-9-19-5-8-23-14-18(2)15-24-10-12-26(25)28(19)27(23)24;1-3-7-13-11(5-1)9-10-12-6-2-4-8-14(12)13/h3-16H,1-2H3;1-10H. The number of hydrogen-bond donors (Lipinski definition) is 0. The molecule has 0 aliphatic carbocycles. The number of rotatable bonds is 1. The zero-order valence-electron chi connectivity index (χ0n) is 23.9. The van der Waals surface area contributed by atoms with Gasteiger partial charge in [-0.1, -0.05) is 145 Å². The second-order valence-corrected chi connectivity index (χ2v) is 11.5. The van der Waals surface area contributed by atoms with Gasteiger partial charge in [-0.05, 0) is 101 Å². The molecule has 198 valence electrons. The van der Waals surface area contributed by atoms with E-state index < -0.39 is 0 Å². The van der Waals surface area contributed by atoms with Crippen LogP contribution in [0.15, 0.2) is 146 Å². The van der Waals surface area contributed by atoms with Gasteiger partial charge in [0.05, 0.1) is 0 Å². The fourth-order valence-corrected chi connectivity index (χ4v) is 6.71. The molecule has 9 rings (SSSR count). The molecule has 0 spiro atoms. The Morgan fingerprint density at radius 3 is 1.57 bits per heavy atom. The second kappa shape index (κ2) is 9.72. The predicted octanol–water partition coefficient (Wildman–Crippen LogP) is 12.0. The van der Waals surface area contributed by atoms with Gasteiger partial charge in [-0.3, -0.25) is 0 Å². The van der Waals surface area contributed by atoms with Gasteiger partial charge in [0.2, 0.25) is 0 Å². The van der Waals surface area contributed by atoms with E-state index in [4.69, 9.17) is 0 Å². The average molecular weight is 535 g/mol. The molecule has 0 unspecified atom stereocenters. The maximum atomic E-state index is 2.32. The van der Waals surface area contributed by atoms with E-state index in [1.54, 1.807) is 0 Å². The third-order valence-electron chi connectivity index (χ3n) is 8.70. The molecular formula is C42H30. The van der Waals surface area contributed by atoms with Crippen LogP contribution < -0.4 is 0 Å². The van der Waals surface area contributed by atoms with Gasteiger partial charge < -0.3 is 0 Å². The highest BCUT2D eigenvalue weighted by Crippen LogP contribution is 2.40. The predicted molar refractivity (Wildman–Crippen MR) is 184 cm³/mol. The summed E-state index contributed by atoms with van der Waals surface area (Å²) in [6, 6.07) is 53.1. The van der Waals surface area contributed by atoms with E-state index in [1.807, 2.05) is 0 Å². The molecule has 9 aromatic carbocycles. The first kappa shape index (κ1) is 24.6. The Hall–Kier alpha value is -5.20. The smallest absolute Gasteiger partial charge is 0.00206 e. The third-order valence-corrected chi connectivity index (χ3v) is 8.70. The highest BCUT2D eigenvalue weighted by Gasteiger charge is 2.12. The van der Waals surface area contributed by atoms with Gasteiger partial charge in [-0.2, -0.15) is 0 Å². The molecule has 0 saturated carbocycles. The van der Waals surface area contributed by atoms with Crippen LogP contribution in [-0.2, 0) is 0 Å². The quantitative estimate of drug-likeness (QED) is 0.184. The molecule has 0 amide bonds. The number of benzene rings is 9. The topological polar surface area (TPSA) is 0 Å². The molecule has 0 atom stereocenters. The van der Waals surface area contributed by atoms with Gasteiger partial charge in [-0.25, -0.2) is 0 Å². The summed E-state index contributed by atoms with van der Waals surface area (Å²) >= 11 is 0. The van der Waals surface area contributed by atoms with Crippen LogP contribution in [0, 0.1) is 13.8 Å². The van der Waals surface area contributed by atoms with E-state index in [1.165, 1.54) is 86.9 Å². The monoisotopic (exact) mass is 534 g/mol. The van der Waals surface area contributed by atoms with Crippen LogP contribution >= 0.6 is 0 Å². The third kappa shape index (κ3) is 4.07. The summed E-state index contributed by atoms with van der Waals surface area (Å²) in [5, 5.41) is 16.0. The molecule has 0 saturated heterocycles. The molecule has 0 aliphatic heterocycles. The van der Waals surface area contributed by atoms with Gasteiger partial charge in [-0.15, -0.1) is 0 Å². The summed E-state index contributed by atoms with van der Waals surface area (Å²) in [6.45, 7) is 4.33. The Morgan fingerprint density at radius 1 is 0.310 bits per heavy atom. The van der Waals surface area contributed by atoms with Gasteiger partial charge in [0.25, 0.3) is 0 Å². The van der Waals surface area contributed by atoms with E-state index in [2.05, 4.69) is 159 Å². The molecule has 0 fully saturated rings. The lowest BCUT2D eigenvalue weighted by Gasteiger charge is -2.15. The maximum absolute atomic E-state index is 2.32. The van der Waals surface area contributed by atoms with Gasteiger partial charge in [0.1, 0.15) is 0 Å². The molecule has 0 aromatic heterocycles. The molecule has 0 nitrogen and oxygen atoms in total. The van der Waals surface area contributed by atoms with Gasteiger partial charge in [0.15, 0.2) is 0 Å². The summed E-state index contributed by atoms with van der Waals surface area (Å²) in [7, 11) is 0. The van der Waals surface area contributed by atoms with Crippen molar-refractivity contribution in [3.8, 4) is 11.1 Å². The van der Waals surface area contributed by atoms with Crippen LogP contribution in [-0.4, -0.2) is 0 Å². The average Bonchev–Trinajstić information content (AvgIpc) is 3.03. The first-order valence-electron chi connectivity index (χ1n) is 14.7. The van der Waals surface area contributed by atoms with Crippen molar-refractivity contribution >= 4 is 64.6 Å². The Bertz CT molecular complexity index is 2350. The Morgan fingerprint density at radius 2 is 0.833 bits per heavy atom. The number of aryl methyl sites for hydroxylation is 2. The largest absolute Gasteiger partial charge is 0.0616 e. The first-order valence-corrected chi connectivity index (χ1v) is 14.7. The first-order chi connectivity index (χ1) is 20.6. The lowest BCUT2D eigenvalue weighted by Crippen LogP contribution is -1.88. The summed E-state index contributed by atoms with van der Waals surface area (Å²) in [4.78, 5) is 0. The highest BCUT2D eigenvalue weighted by molar-refractivity contribution is 6.25. The van der Waals surface area contributed by atoms with Crippen LogP contribution in [0.2, 0.25) is 0 Å². The number of fused-ring (bicyclic) bond motifs is 4. The van der Waals surface area contributed by atoms with Crippen molar-refractivity contribution in [1.29, 1.82) is 0 Å². The Balaban J connectivity index is 0.000000159. The summed E-state index contributed by atoms with van der Waals surface area (Å²) in [6.07, 6.45) is 0. The SMILES string of the molecule is Cc1ccc2cc(-c3ccc4ccc5cc(C)cc6ccc3c4c56)ccc2c1.c1ccc2c(c1)ccc1ccccc12. The zero-order valence-corrected chi connectivity index (χ0v) is 23.9. The molecule has 42 heavy (non-hydrogen) atoms. The van der Waals surface area contributed by atoms with E-state index in [9.17, 15) is 0 Å². The second-order valence-electron chi connectivity index (χ2n) is 11.5. The van der Waals surface area contributed by atoms with Crippen LogP contribution in [0.4, 0.5) is 0 Å². The summed E-state index contributed by atoms with van der Waals surface area (Å²) < 4.78 is 0. The molecule has 0 bridgehead atoms. The minimum absolute atomic E-state index is 1.28. The minimum atomic E-state index is 1.28. The van der Waals surface area contributed by atoms with E-state index >= 15 is 0 Å². The van der Waals surface area contributed by atoms with Crippen molar-refractivity contribution in [2.45, 2.75) is 13.8 Å². The Labute approximate surface area is 245 Å². The van der Waals surface area contributed by atoms with Crippen LogP contribution in [0.5, 0.6) is 0 Å². The molecular weight excluding hydrogens is 504 g/mol. The van der Waals surface area contributed by atoms with Crippen molar-refractivity contribution in [3.05, 3.63) is 157 Å². The van der Waals surface area contributed by atoms with Crippen molar-refractivity contribution in [1.82, 2.24) is 0 Å². The zero-order chi connectivity index (χ0) is 28.2. The normalized spacial score (nSPS) is 11.6. The van der Waals surface area contributed by atoms with Crippen molar-refractivity contribution in [2.75, 3.05) is 0 Å². The molecule has 0 radical (unpaired) electrons. The van der Waals surface area contributed by atoms with Crippen LogP contribution in [0.25, 0.3) is 75.8 Å². The number of hydrogen-bond acceptors (Lipinski definition) is 0. The fraction of sp³-hybridized carbons (Fsp3) is 0.0476. The molecule has 0 aliphatic rings. The van der Waals surface area contributed by atoms with E-state index in [0.29, 0.717) is 0 Å². The van der Waals surface area contributed by atoms with Crippen LogP contribution in [0.3, 0.4) is 0 Å². The van der Waals surface area contributed by atoms with E-state index in [-0.39, 0.29) is 0 Å².